The molecule has 1 aromatic rings. The zero-order valence-corrected chi connectivity index (χ0v) is 11.7. The molecule has 0 saturated carbocycles. The van der Waals surface area contributed by atoms with Gasteiger partial charge in [-0.1, -0.05) is 19.1 Å². The SMILES string of the molecule is CCCOc1ccccc1C(=O)C(C)S(C)(=O)=O. The van der Waals surface area contributed by atoms with Crippen LogP contribution < -0.4 is 4.74 Å². The lowest BCUT2D eigenvalue weighted by Crippen LogP contribution is -2.26. The zero-order valence-electron chi connectivity index (χ0n) is 10.8. The van der Waals surface area contributed by atoms with Crippen molar-refractivity contribution < 1.29 is 17.9 Å². The highest BCUT2D eigenvalue weighted by molar-refractivity contribution is 7.92. The lowest BCUT2D eigenvalue weighted by Gasteiger charge is -2.13. The van der Waals surface area contributed by atoms with Gasteiger partial charge in [0.2, 0.25) is 0 Å². The number of para-hydroxylation sites is 1. The van der Waals surface area contributed by atoms with Gasteiger partial charge in [-0.2, -0.15) is 0 Å². The molecule has 0 aliphatic rings. The lowest BCUT2D eigenvalue weighted by molar-refractivity contribution is 0.0987. The van der Waals surface area contributed by atoms with Gasteiger partial charge in [0.05, 0.1) is 12.2 Å². The summed E-state index contributed by atoms with van der Waals surface area (Å²) in [4.78, 5) is 12.1. The van der Waals surface area contributed by atoms with E-state index >= 15 is 0 Å². The van der Waals surface area contributed by atoms with Crippen molar-refractivity contribution in [3.8, 4) is 5.75 Å². The van der Waals surface area contributed by atoms with Crippen molar-refractivity contribution in [2.75, 3.05) is 12.9 Å². The summed E-state index contributed by atoms with van der Waals surface area (Å²) in [6, 6.07) is 6.72. The average molecular weight is 270 g/mol. The highest BCUT2D eigenvalue weighted by atomic mass is 32.2. The number of hydrogen-bond acceptors (Lipinski definition) is 4. The molecule has 1 unspecified atom stereocenters. The Kier molecular flexibility index (Phi) is 4.90. The molecule has 0 heterocycles. The molecule has 0 fully saturated rings. The third-order valence-corrected chi connectivity index (χ3v) is 4.12. The molecule has 4 nitrogen and oxygen atoms in total. The molecule has 0 bridgehead atoms. The number of carbonyl (C=O) groups is 1. The third kappa shape index (κ3) is 3.57. The van der Waals surface area contributed by atoms with Gasteiger partial charge < -0.3 is 4.74 Å². The first-order valence-electron chi connectivity index (χ1n) is 5.82. The number of sulfone groups is 1. The van der Waals surface area contributed by atoms with E-state index in [9.17, 15) is 13.2 Å². The van der Waals surface area contributed by atoms with Crippen molar-refractivity contribution in [1.29, 1.82) is 0 Å². The van der Waals surface area contributed by atoms with Crippen molar-refractivity contribution in [3.05, 3.63) is 29.8 Å². The minimum absolute atomic E-state index is 0.323. The van der Waals surface area contributed by atoms with Gasteiger partial charge >= 0.3 is 0 Å². The third-order valence-electron chi connectivity index (χ3n) is 2.63. The van der Waals surface area contributed by atoms with Gasteiger partial charge in [-0.15, -0.1) is 0 Å². The Morgan fingerprint density at radius 2 is 1.94 bits per heavy atom. The smallest absolute Gasteiger partial charge is 0.184 e. The standard InChI is InChI=1S/C13H18O4S/c1-4-9-17-12-8-6-5-7-11(12)13(14)10(2)18(3,15)16/h5-8,10H,4,9H2,1-3H3. The Hall–Kier alpha value is -1.36. The summed E-state index contributed by atoms with van der Waals surface area (Å²) in [5, 5.41) is -1.05. The van der Waals surface area contributed by atoms with E-state index in [1.165, 1.54) is 6.92 Å². The van der Waals surface area contributed by atoms with Crippen molar-refractivity contribution in [3.63, 3.8) is 0 Å². The van der Waals surface area contributed by atoms with Crippen LogP contribution in [0.25, 0.3) is 0 Å². The molecule has 100 valence electrons. The minimum atomic E-state index is -3.39. The number of ether oxygens (including phenoxy) is 1. The summed E-state index contributed by atoms with van der Waals surface area (Å²) < 4.78 is 28.3. The molecular weight excluding hydrogens is 252 g/mol. The van der Waals surface area contributed by atoms with Crippen LogP contribution in [-0.4, -0.2) is 32.3 Å². The molecule has 1 rings (SSSR count). The summed E-state index contributed by atoms with van der Waals surface area (Å²) in [7, 11) is -3.39. The van der Waals surface area contributed by atoms with E-state index in [0.717, 1.165) is 12.7 Å². The predicted octanol–water partition coefficient (Wildman–Crippen LogP) is 2.09. The molecule has 0 aliphatic carbocycles. The Bertz CT molecular complexity index is 520. The fourth-order valence-electron chi connectivity index (χ4n) is 1.42. The van der Waals surface area contributed by atoms with Crippen molar-refractivity contribution in [2.24, 2.45) is 0 Å². The molecule has 5 heteroatoms. The van der Waals surface area contributed by atoms with Crippen molar-refractivity contribution in [1.82, 2.24) is 0 Å². The molecule has 0 saturated heterocycles. The normalized spacial score (nSPS) is 13.1. The van der Waals surface area contributed by atoms with Gasteiger partial charge in [-0.05, 0) is 25.5 Å². The number of benzene rings is 1. The molecule has 0 amide bonds. The molecule has 0 aromatic heterocycles. The quantitative estimate of drug-likeness (QED) is 0.743. The van der Waals surface area contributed by atoms with Crippen LogP contribution in [0.15, 0.2) is 24.3 Å². The van der Waals surface area contributed by atoms with Gasteiger partial charge in [0.1, 0.15) is 11.0 Å². The van der Waals surface area contributed by atoms with Crippen LogP contribution in [0.2, 0.25) is 0 Å². The van der Waals surface area contributed by atoms with Gasteiger partial charge in [-0.3, -0.25) is 4.79 Å². The van der Waals surface area contributed by atoms with Crippen LogP contribution in [0.1, 0.15) is 30.6 Å². The maximum Gasteiger partial charge on any atom is 0.184 e. The Balaban J connectivity index is 3.05. The summed E-state index contributed by atoms with van der Waals surface area (Å²) in [6.45, 7) is 3.86. The Morgan fingerprint density at radius 1 is 1.33 bits per heavy atom. The molecule has 0 spiro atoms. The van der Waals surface area contributed by atoms with E-state index in [-0.39, 0.29) is 0 Å². The highest BCUT2D eigenvalue weighted by Gasteiger charge is 2.26. The Morgan fingerprint density at radius 3 is 2.50 bits per heavy atom. The summed E-state index contributed by atoms with van der Waals surface area (Å²) in [6.07, 6.45) is 1.88. The Labute approximate surface area is 108 Å². The molecule has 18 heavy (non-hydrogen) atoms. The number of carbonyl (C=O) groups excluding carboxylic acids is 1. The molecule has 0 aliphatic heterocycles. The van der Waals surface area contributed by atoms with Crippen LogP contribution in [0.3, 0.4) is 0 Å². The first kappa shape index (κ1) is 14.7. The average Bonchev–Trinajstić information content (AvgIpc) is 2.33. The molecule has 0 radical (unpaired) electrons. The molecule has 1 aromatic carbocycles. The number of Topliss-reactive ketones (excluding diaryl/α,β-unsaturated/α-hetero) is 1. The topological polar surface area (TPSA) is 60.4 Å². The minimum Gasteiger partial charge on any atom is -0.493 e. The second kappa shape index (κ2) is 6.00. The van der Waals surface area contributed by atoms with Gasteiger partial charge in [0, 0.05) is 6.26 Å². The van der Waals surface area contributed by atoms with Crippen LogP contribution in [-0.2, 0) is 9.84 Å². The van der Waals surface area contributed by atoms with Gasteiger partial charge in [-0.25, -0.2) is 8.42 Å². The predicted molar refractivity (Wildman–Crippen MR) is 70.9 cm³/mol. The second-order valence-corrected chi connectivity index (χ2v) is 6.55. The first-order valence-corrected chi connectivity index (χ1v) is 7.78. The summed E-state index contributed by atoms with van der Waals surface area (Å²) in [5.74, 6) is 0.0176. The zero-order chi connectivity index (χ0) is 13.8. The summed E-state index contributed by atoms with van der Waals surface area (Å²) >= 11 is 0. The fourth-order valence-corrected chi connectivity index (χ4v) is 1.94. The fraction of sp³-hybridized carbons (Fsp3) is 0.462. The molecule has 0 N–H and O–H groups in total. The highest BCUT2D eigenvalue weighted by Crippen LogP contribution is 2.21. The van der Waals surface area contributed by atoms with Crippen LogP contribution in [0, 0.1) is 0 Å². The van der Waals surface area contributed by atoms with E-state index in [2.05, 4.69) is 0 Å². The summed E-state index contributed by atoms with van der Waals surface area (Å²) in [5.41, 5.74) is 0.323. The van der Waals surface area contributed by atoms with Gasteiger partial charge in [0.25, 0.3) is 0 Å². The van der Waals surface area contributed by atoms with E-state index < -0.39 is 20.9 Å². The van der Waals surface area contributed by atoms with E-state index in [1.807, 2.05) is 6.92 Å². The van der Waals surface area contributed by atoms with Gasteiger partial charge in [0.15, 0.2) is 15.6 Å². The maximum atomic E-state index is 12.1. The largest absolute Gasteiger partial charge is 0.493 e. The number of rotatable bonds is 6. The van der Waals surface area contributed by atoms with E-state index in [1.54, 1.807) is 24.3 Å². The van der Waals surface area contributed by atoms with Crippen molar-refractivity contribution in [2.45, 2.75) is 25.5 Å². The monoisotopic (exact) mass is 270 g/mol. The van der Waals surface area contributed by atoms with Crippen LogP contribution in [0.5, 0.6) is 5.75 Å². The molecule has 1 atom stereocenters. The van der Waals surface area contributed by atoms with Crippen molar-refractivity contribution >= 4 is 15.6 Å². The van der Waals surface area contributed by atoms with Crippen LogP contribution in [0.4, 0.5) is 0 Å². The number of hydrogen-bond donors (Lipinski definition) is 0. The van der Waals surface area contributed by atoms with E-state index in [4.69, 9.17) is 4.74 Å². The maximum absolute atomic E-state index is 12.1. The molecular formula is C13H18O4S. The second-order valence-electron chi connectivity index (χ2n) is 4.18. The lowest BCUT2D eigenvalue weighted by atomic mass is 10.1. The number of ketones is 1. The van der Waals surface area contributed by atoms with E-state index in [0.29, 0.717) is 17.9 Å². The first-order chi connectivity index (χ1) is 8.38. The van der Waals surface area contributed by atoms with Crippen LogP contribution >= 0.6 is 0 Å².